The molecule has 1 unspecified atom stereocenters. The maximum absolute atomic E-state index is 12.1. The monoisotopic (exact) mass is 534 g/mol. The number of hydrazone groups is 1. The Bertz CT molecular complexity index is 1300. The number of anilines is 2. The fourth-order valence-corrected chi connectivity index (χ4v) is 4.39. The van der Waals surface area contributed by atoms with Gasteiger partial charge >= 0.3 is 5.97 Å². The Morgan fingerprint density at radius 1 is 1.08 bits per heavy atom. The number of benzene rings is 2. The van der Waals surface area contributed by atoms with Gasteiger partial charge in [0, 0.05) is 62.1 Å². The third-order valence-electron chi connectivity index (χ3n) is 6.21. The van der Waals surface area contributed by atoms with Gasteiger partial charge in [0.05, 0.1) is 43.4 Å². The number of rotatable bonds is 11. The van der Waals surface area contributed by atoms with E-state index in [1.165, 1.54) is 0 Å². The van der Waals surface area contributed by atoms with Gasteiger partial charge in [0.15, 0.2) is 0 Å². The zero-order valence-electron chi connectivity index (χ0n) is 23.6. The normalized spacial score (nSPS) is 15.0. The Kier molecular flexibility index (Phi) is 8.86. The highest BCUT2D eigenvalue weighted by molar-refractivity contribution is 5.82. The number of fused-ring (bicyclic) bond motifs is 1. The van der Waals surface area contributed by atoms with Gasteiger partial charge in [0.25, 0.3) is 0 Å². The number of carbonyl (C=O) groups excluding carboxylic acids is 1. The third kappa shape index (κ3) is 7.57. The molecule has 1 N–H and O–H groups in total. The zero-order valence-corrected chi connectivity index (χ0v) is 23.6. The topological polar surface area (TPSA) is 101 Å². The molecule has 1 aromatic heterocycles. The summed E-state index contributed by atoms with van der Waals surface area (Å²) in [5.41, 5.74) is 3.93. The number of hydrogen-bond donors (Lipinski definition) is 1. The SMILES string of the molecule is COc1cc(OC)cc(N(CCCNCC(=O)OC(C)(C)C)c2ccc3ncc(C4C=NN(C)C4)nc3c2)c1. The Labute approximate surface area is 230 Å². The maximum atomic E-state index is 12.1. The van der Waals surface area contributed by atoms with Crippen molar-refractivity contribution in [2.75, 3.05) is 52.3 Å². The van der Waals surface area contributed by atoms with Crippen molar-refractivity contribution in [1.29, 1.82) is 0 Å². The number of carbonyl (C=O) groups is 1. The highest BCUT2D eigenvalue weighted by Gasteiger charge is 2.20. The Morgan fingerprint density at radius 2 is 1.82 bits per heavy atom. The average molecular weight is 535 g/mol. The van der Waals surface area contributed by atoms with Crippen molar-refractivity contribution < 1.29 is 19.0 Å². The molecule has 2 aromatic carbocycles. The van der Waals surface area contributed by atoms with E-state index in [9.17, 15) is 4.79 Å². The maximum Gasteiger partial charge on any atom is 0.320 e. The molecule has 2 heterocycles. The van der Waals surface area contributed by atoms with Crippen LogP contribution in [0.4, 0.5) is 11.4 Å². The van der Waals surface area contributed by atoms with E-state index in [0.29, 0.717) is 24.6 Å². The summed E-state index contributed by atoms with van der Waals surface area (Å²) in [6, 6.07) is 11.9. The first-order valence-electron chi connectivity index (χ1n) is 13.1. The van der Waals surface area contributed by atoms with Gasteiger partial charge in [-0.1, -0.05) is 0 Å². The summed E-state index contributed by atoms with van der Waals surface area (Å²) >= 11 is 0. The van der Waals surface area contributed by atoms with Gasteiger partial charge in [0.2, 0.25) is 0 Å². The second kappa shape index (κ2) is 12.3. The van der Waals surface area contributed by atoms with Crippen LogP contribution in [0.5, 0.6) is 11.5 Å². The summed E-state index contributed by atoms with van der Waals surface area (Å²) in [4.78, 5) is 23.8. The van der Waals surface area contributed by atoms with Gasteiger partial charge in [-0.3, -0.25) is 14.8 Å². The predicted molar refractivity (Wildman–Crippen MR) is 153 cm³/mol. The van der Waals surface area contributed by atoms with Crippen LogP contribution in [0.25, 0.3) is 11.0 Å². The Hall–Kier alpha value is -3.92. The Morgan fingerprint density at radius 3 is 2.46 bits per heavy atom. The lowest BCUT2D eigenvalue weighted by molar-refractivity contribution is -0.153. The summed E-state index contributed by atoms with van der Waals surface area (Å²) in [7, 11) is 5.23. The first-order valence-corrected chi connectivity index (χ1v) is 13.1. The molecular formula is C29H38N6O4. The number of likely N-dealkylation sites (N-methyl/N-ethyl adjacent to an activating group) is 1. The van der Waals surface area contributed by atoms with E-state index in [0.717, 1.165) is 41.1 Å². The van der Waals surface area contributed by atoms with Crippen LogP contribution in [0, 0.1) is 0 Å². The molecule has 0 amide bonds. The molecule has 208 valence electrons. The van der Waals surface area contributed by atoms with Gasteiger partial charge in [-0.15, -0.1) is 0 Å². The van der Waals surface area contributed by atoms with Crippen molar-refractivity contribution in [3.63, 3.8) is 0 Å². The molecule has 0 saturated heterocycles. The van der Waals surface area contributed by atoms with Gasteiger partial charge in [-0.25, -0.2) is 4.98 Å². The number of esters is 1. The molecule has 4 rings (SSSR count). The molecule has 1 atom stereocenters. The van der Waals surface area contributed by atoms with Crippen molar-refractivity contribution in [2.45, 2.75) is 38.7 Å². The summed E-state index contributed by atoms with van der Waals surface area (Å²) in [6.07, 6.45) is 4.52. The molecule has 0 spiro atoms. The molecule has 1 aliphatic heterocycles. The second-order valence-electron chi connectivity index (χ2n) is 10.5. The lowest BCUT2D eigenvalue weighted by atomic mass is 10.1. The van der Waals surface area contributed by atoms with Gasteiger partial charge in [-0.2, -0.15) is 5.10 Å². The van der Waals surface area contributed by atoms with Gasteiger partial charge in [-0.05, 0) is 51.9 Å². The van der Waals surface area contributed by atoms with Gasteiger partial charge < -0.3 is 24.4 Å². The smallest absolute Gasteiger partial charge is 0.320 e. The van der Waals surface area contributed by atoms with E-state index in [4.69, 9.17) is 19.2 Å². The molecule has 0 aliphatic carbocycles. The summed E-state index contributed by atoms with van der Waals surface area (Å²) < 4.78 is 16.5. The van der Waals surface area contributed by atoms with Crippen LogP contribution >= 0.6 is 0 Å². The lowest BCUT2D eigenvalue weighted by Gasteiger charge is -2.26. The average Bonchev–Trinajstić information content (AvgIpc) is 3.35. The van der Waals surface area contributed by atoms with Crippen molar-refractivity contribution >= 4 is 34.6 Å². The minimum Gasteiger partial charge on any atom is -0.497 e. The van der Waals surface area contributed by atoms with Crippen molar-refractivity contribution in [3.05, 3.63) is 48.3 Å². The molecule has 3 aromatic rings. The van der Waals surface area contributed by atoms with Crippen LogP contribution in [0.15, 0.2) is 47.7 Å². The summed E-state index contributed by atoms with van der Waals surface area (Å²) in [5.74, 6) is 1.25. The molecule has 0 radical (unpaired) electrons. The molecule has 39 heavy (non-hydrogen) atoms. The minimum atomic E-state index is -0.500. The quantitative estimate of drug-likeness (QED) is 0.287. The number of methoxy groups -OCH3 is 2. The lowest BCUT2D eigenvalue weighted by Crippen LogP contribution is -2.32. The van der Waals surface area contributed by atoms with E-state index in [-0.39, 0.29) is 18.4 Å². The van der Waals surface area contributed by atoms with Crippen LogP contribution in [0.1, 0.15) is 38.8 Å². The standard InChI is InChI=1S/C29H38N6O4/c1-29(2,3)39-28(36)18-30-10-7-11-35(22-12-23(37-5)15-24(13-22)38-6)21-8-9-25-26(14-21)33-27(17-31-25)20-16-32-34(4)19-20/h8-9,12-17,20,30H,7,10-11,18-19H2,1-6H3. The zero-order chi connectivity index (χ0) is 28.0. The molecule has 10 heteroatoms. The number of aromatic nitrogens is 2. The van der Waals surface area contributed by atoms with Gasteiger partial charge in [0.1, 0.15) is 17.1 Å². The number of nitrogens with one attached hydrogen (secondary N) is 1. The highest BCUT2D eigenvalue weighted by Crippen LogP contribution is 2.34. The van der Waals surface area contributed by atoms with Crippen molar-refractivity contribution in [3.8, 4) is 11.5 Å². The van der Waals surface area contributed by atoms with Crippen LogP contribution in [-0.2, 0) is 9.53 Å². The number of hydrogen-bond acceptors (Lipinski definition) is 10. The van der Waals surface area contributed by atoms with Crippen LogP contribution in [0.2, 0.25) is 0 Å². The second-order valence-corrected chi connectivity index (χ2v) is 10.5. The molecule has 0 fully saturated rings. The van der Waals surface area contributed by atoms with Crippen molar-refractivity contribution in [1.82, 2.24) is 20.3 Å². The number of ether oxygens (including phenoxy) is 3. The minimum absolute atomic E-state index is 0.116. The fraction of sp³-hybridized carbons (Fsp3) is 0.448. The molecule has 0 saturated carbocycles. The van der Waals surface area contributed by atoms with Crippen LogP contribution in [-0.4, -0.2) is 80.2 Å². The summed E-state index contributed by atoms with van der Waals surface area (Å²) in [6.45, 7) is 7.86. The van der Waals surface area contributed by atoms with Crippen LogP contribution in [0.3, 0.4) is 0 Å². The first kappa shape index (κ1) is 28.1. The van der Waals surface area contributed by atoms with E-state index >= 15 is 0 Å². The molecule has 1 aliphatic rings. The third-order valence-corrected chi connectivity index (χ3v) is 6.21. The van der Waals surface area contributed by atoms with E-state index in [2.05, 4.69) is 26.4 Å². The predicted octanol–water partition coefficient (Wildman–Crippen LogP) is 4.12. The number of nitrogens with zero attached hydrogens (tertiary/aromatic N) is 5. The molecule has 10 nitrogen and oxygen atoms in total. The van der Waals surface area contributed by atoms with E-state index < -0.39 is 5.60 Å². The molecular weight excluding hydrogens is 496 g/mol. The molecule has 0 bridgehead atoms. The largest absolute Gasteiger partial charge is 0.497 e. The fourth-order valence-electron chi connectivity index (χ4n) is 4.39. The van der Waals surface area contributed by atoms with Crippen LogP contribution < -0.4 is 19.7 Å². The van der Waals surface area contributed by atoms with Crippen molar-refractivity contribution in [2.24, 2.45) is 5.10 Å². The first-order chi connectivity index (χ1) is 18.6. The van der Waals surface area contributed by atoms with E-state index in [1.54, 1.807) is 14.2 Å². The summed E-state index contributed by atoms with van der Waals surface area (Å²) in [5, 5.41) is 9.44. The Balaban J connectivity index is 1.57. The highest BCUT2D eigenvalue weighted by atomic mass is 16.6. The van der Waals surface area contributed by atoms with E-state index in [1.807, 2.05) is 75.6 Å².